The normalized spacial score (nSPS) is 11.5. The Bertz CT molecular complexity index is 1260. The quantitative estimate of drug-likeness (QED) is 0.488. The van der Waals surface area contributed by atoms with Crippen molar-refractivity contribution in [1.82, 2.24) is 20.2 Å². The van der Waals surface area contributed by atoms with E-state index >= 15 is 0 Å². The minimum atomic E-state index is -3.25. The molecule has 0 unspecified atom stereocenters. The van der Waals surface area contributed by atoms with Crippen LogP contribution in [0, 0.1) is 6.92 Å². The predicted octanol–water partition coefficient (Wildman–Crippen LogP) is 4.21. The van der Waals surface area contributed by atoms with E-state index in [4.69, 9.17) is 4.42 Å². The fourth-order valence-electron chi connectivity index (χ4n) is 2.81. The standard InChI is InChI=1S/C21H18N4O3S.H2/c1-3-29(26,27)17-11-9-15(10-12-17)18-13-22-14(2)19(23-18)21-25-24-20(28-21)16-7-5-4-6-8-16;/h4-13H,3H2,1-2H3;1H. The highest BCUT2D eigenvalue weighted by atomic mass is 32.2. The number of rotatable bonds is 5. The topological polar surface area (TPSA) is 98.8 Å². The first-order valence-electron chi connectivity index (χ1n) is 9.04. The molecule has 7 nitrogen and oxygen atoms in total. The second-order valence-corrected chi connectivity index (χ2v) is 8.67. The van der Waals surface area contributed by atoms with E-state index in [1.807, 2.05) is 37.3 Å². The lowest BCUT2D eigenvalue weighted by atomic mass is 10.1. The van der Waals surface area contributed by atoms with Crippen LogP contribution in [0.15, 0.2) is 70.1 Å². The van der Waals surface area contributed by atoms with Gasteiger partial charge in [-0.1, -0.05) is 37.3 Å². The first kappa shape index (κ1) is 18.9. The molecule has 0 bridgehead atoms. The van der Waals surface area contributed by atoms with E-state index < -0.39 is 9.84 Å². The first-order valence-corrected chi connectivity index (χ1v) is 10.7. The summed E-state index contributed by atoms with van der Waals surface area (Å²) in [6.45, 7) is 3.44. The molecule has 0 aliphatic rings. The Morgan fingerprint density at radius 2 is 1.62 bits per heavy atom. The summed E-state index contributed by atoms with van der Waals surface area (Å²) in [6.07, 6.45) is 1.64. The molecule has 2 aromatic heterocycles. The molecule has 4 aromatic rings. The highest BCUT2D eigenvalue weighted by Crippen LogP contribution is 2.27. The second kappa shape index (κ2) is 7.56. The average molecular weight is 408 g/mol. The van der Waals surface area contributed by atoms with Gasteiger partial charge in [0.05, 0.1) is 28.2 Å². The second-order valence-electron chi connectivity index (χ2n) is 6.40. The van der Waals surface area contributed by atoms with Crippen LogP contribution in [0.1, 0.15) is 14.0 Å². The number of sulfone groups is 1. The predicted molar refractivity (Wildman–Crippen MR) is 111 cm³/mol. The summed E-state index contributed by atoms with van der Waals surface area (Å²) < 4.78 is 29.8. The number of aromatic nitrogens is 4. The van der Waals surface area contributed by atoms with Gasteiger partial charge in [0, 0.05) is 12.6 Å². The van der Waals surface area contributed by atoms with Crippen LogP contribution in [0.3, 0.4) is 0 Å². The largest absolute Gasteiger partial charge is 0.415 e. The molecule has 2 aromatic carbocycles. The summed E-state index contributed by atoms with van der Waals surface area (Å²) in [6, 6.07) is 16.1. The molecule has 0 saturated heterocycles. The fraction of sp³-hybridized carbons (Fsp3) is 0.143. The lowest BCUT2D eigenvalue weighted by Crippen LogP contribution is -2.03. The monoisotopic (exact) mass is 408 g/mol. The lowest BCUT2D eigenvalue weighted by molar-refractivity contribution is 0.581. The van der Waals surface area contributed by atoms with Gasteiger partial charge in [-0.05, 0) is 31.2 Å². The average Bonchev–Trinajstić information content (AvgIpc) is 3.25. The summed E-state index contributed by atoms with van der Waals surface area (Å²) in [5.74, 6) is 0.740. The van der Waals surface area contributed by atoms with Crippen molar-refractivity contribution in [3.05, 3.63) is 66.5 Å². The van der Waals surface area contributed by atoms with Crippen LogP contribution in [0.5, 0.6) is 0 Å². The van der Waals surface area contributed by atoms with Gasteiger partial charge >= 0.3 is 0 Å². The highest BCUT2D eigenvalue weighted by molar-refractivity contribution is 7.91. The summed E-state index contributed by atoms with van der Waals surface area (Å²) in [7, 11) is -3.25. The molecule has 0 fully saturated rings. The van der Waals surface area contributed by atoms with E-state index in [1.54, 1.807) is 37.4 Å². The molecular weight excluding hydrogens is 388 g/mol. The van der Waals surface area contributed by atoms with Crippen LogP contribution in [0.25, 0.3) is 34.3 Å². The van der Waals surface area contributed by atoms with Gasteiger partial charge in [0.1, 0.15) is 5.69 Å². The van der Waals surface area contributed by atoms with Gasteiger partial charge in [-0.3, -0.25) is 4.98 Å². The zero-order valence-electron chi connectivity index (χ0n) is 15.9. The summed E-state index contributed by atoms with van der Waals surface area (Å²) >= 11 is 0. The van der Waals surface area contributed by atoms with Gasteiger partial charge in [0.2, 0.25) is 5.89 Å². The molecule has 0 atom stereocenters. The Hall–Kier alpha value is -3.39. The summed E-state index contributed by atoms with van der Waals surface area (Å²) in [5, 5.41) is 8.22. The van der Waals surface area contributed by atoms with Gasteiger partial charge in [-0.2, -0.15) is 0 Å². The van der Waals surface area contributed by atoms with Crippen molar-refractivity contribution in [2.24, 2.45) is 0 Å². The number of hydrogen-bond acceptors (Lipinski definition) is 7. The Balaban J connectivity index is 0.00000256. The van der Waals surface area contributed by atoms with E-state index in [-0.39, 0.29) is 18.0 Å². The molecule has 0 aliphatic heterocycles. The molecule has 4 rings (SSSR count). The Morgan fingerprint density at radius 1 is 0.931 bits per heavy atom. The zero-order valence-corrected chi connectivity index (χ0v) is 16.7. The van der Waals surface area contributed by atoms with Crippen LogP contribution in [0.4, 0.5) is 0 Å². The molecule has 0 radical (unpaired) electrons. The van der Waals surface area contributed by atoms with Crippen LogP contribution >= 0.6 is 0 Å². The van der Waals surface area contributed by atoms with E-state index in [9.17, 15) is 8.42 Å². The van der Waals surface area contributed by atoms with Gasteiger partial charge < -0.3 is 4.42 Å². The third-order valence-electron chi connectivity index (χ3n) is 4.49. The molecule has 8 heteroatoms. The molecule has 0 amide bonds. The molecule has 2 heterocycles. The number of nitrogens with zero attached hydrogens (tertiary/aromatic N) is 4. The van der Waals surface area contributed by atoms with Gasteiger partial charge in [-0.15, -0.1) is 10.2 Å². The van der Waals surface area contributed by atoms with Gasteiger partial charge in [0.25, 0.3) is 5.89 Å². The molecule has 0 aliphatic carbocycles. The van der Waals surface area contributed by atoms with Crippen molar-refractivity contribution in [2.75, 3.05) is 5.75 Å². The first-order chi connectivity index (χ1) is 14.0. The molecule has 0 spiro atoms. The maximum atomic E-state index is 12.0. The molecule has 29 heavy (non-hydrogen) atoms. The van der Waals surface area contributed by atoms with Crippen LogP contribution in [-0.4, -0.2) is 34.3 Å². The Kier molecular flexibility index (Phi) is 4.94. The summed E-state index contributed by atoms with van der Waals surface area (Å²) in [5.41, 5.74) is 3.30. The van der Waals surface area contributed by atoms with E-state index in [1.165, 1.54) is 0 Å². The SMILES string of the molecule is CCS(=O)(=O)c1ccc(-c2cnc(C)c(-c3nnc(-c4ccccc4)o3)n2)cc1.[HH]. The van der Waals surface area contributed by atoms with Crippen molar-refractivity contribution in [3.8, 4) is 34.3 Å². The number of hydrogen-bond donors (Lipinski definition) is 0. The number of aryl methyl sites for hydroxylation is 1. The zero-order chi connectivity index (χ0) is 20.4. The lowest BCUT2D eigenvalue weighted by Gasteiger charge is -2.06. The van der Waals surface area contributed by atoms with Crippen molar-refractivity contribution >= 4 is 9.84 Å². The Labute approximate surface area is 169 Å². The molecular formula is C21H20N4O3S. The van der Waals surface area contributed by atoms with E-state index in [0.717, 1.165) is 11.1 Å². The van der Waals surface area contributed by atoms with Gasteiger partial charge in [-0.25, -0.2) is 13.4 Å². The summed E-state index contributed by atoms with van der Waals surface area (Å²) in [4.78, 5) is 9.30. The highest BCUT2D eigenvalue weighted by Gasteiger charge is 2.17. The third kappa shape index (κ3) is 3.79. The van der Waals surface area contributed by atoms with Crippen molar-refractivity contribution < 1.29 is 14.3 Å². The van der Waals surface area contributed by atoms with Crippen molar-refractivity contribution in [1.29, 1.82) is 0 Å². The third-order valence-corrected chi connectivity index (χ3v) is 6.24. The van der Waals surface area contributed by atoms with Crippen LogP contribution in [-0.2, 0) is 9.84 Å². The minimum Gasteiger partial charge on any atom is -0.415 e. The van der Waals surface area contributed by atoms with Gasteiger partial charge in [0.15, 0.2) is 9.84 Å². The maximum Gasteiger partial charge on any atom is 0.268 e. The van der Waals surface area contributed by atoms with Crippen LogP contribution < -0.4 is 0 Å². The molecule has 148 valence electrons. The van der Waals surface area contributed by atoms with Crippen molar-refractivity contribution in [2.45, 2.75) is 18.7 Å². The minimum absolute atomic E-state index is 0. The smallest absolute Gasteiger partial charge is 0.268 e. The number of benzene rings is 2. The van der Waals surface area contributed by atoms with Crippen LogP contribution in [0.2, 0.25) is 0 Å². The molecule has 0 N–H and O–H groups in total. The Morgan fingerprint density at radius 3 is 2.31 bits per heavy atom. The maximum absolute atomic E-state index is 12.0. The fourth-order valence-corrected chi connectivity index (χ4v) is 3.69. The van der Waals surface area contributed by atoms with E-state index in [2.05, 4.69) is 20.2 Å². The van der Waals surface area contributed by atoms with Crippen molar-refractivity contribution in [3.63, 3.8) is 0 Å². The molecule has 0 saturated carbocycles. The van der Waals surface area contributed by atoms with E-state index in [0.29, 0.717) is 23.0 Å².